The van der Waals surface area contributed by atoms with Crippen LogP contribution in [0.5, 0.6) is 0 Å². The van der Waals surface area contributed by atoms with Gasteiger partial charge in [0.1, 0.15) is 12.1 Å². The van der Waals surface area contributed by atoms with Gasteiger partial charge in [0.25, 0.3) is 0 Å². The average Bonchev–Trinajstić information content (AvgIpc) is 2.62. The number of quaternary nitrogens is 1. The number of nitrogens with one attached hydrogen (secondary N) is 1. The van der Waals surface area contributed by atoms with Crippen LogP contribution < -0.4 is 10.5 Å². The molecule has 1 aliphatic rings. The van der Waals surface area contributed by atoms with Crippen molar-refractivity contribution in [2.45, 2.75) is 33.2 Å². The summed E-state index contributed by atoms with van der Waals surface area (Å²) in [6, 6.07) is 7.65. The lowest BCUT2D eigenvalue weighted by molar-refractivity contribution is -0.917. The molecule has 0 atom stereocenters. The minimum absolute atomic E-state index is 0.237. The van der Waals surface area contributed by atoms with Crippen molar-refractivity contribution in [3.63, 3.8) is 0 Å². The molecule has 3 rings (SSSR count). The predicted molar refractivity (Wildman–Crippen MR) is 99.6 cm³/mol. The van der Waals surface area contributed by atoms with E-state index in [-0.39, 0.29) is 11.7 Å². The highest BCUT2D eigenvalue weighted by atomic mass is 16.6. The smallest absolute Gasteiger partial charge is 0.410 e. The molecule has 140 valence electrons. The van der Waals surface area contributed by atoms with Crippen LogP contribution in [0.15, 0.2) is 33.5 Å². The second-order valence-electron chi connectivity index (χ2n) is 7.11. The predicted octanol–water partition coefficient (Wildman–Crippen LogP) is 1.77. The van der Waals surface area contributed by atoms with Crippen LogP contribution in [0.25, 0.3) is 11.0 Å². The fraction of sp³-hybridized carbons (Fsp3) is 0.500. The lowest BCUT2D eigenvalue weighted by atomic mass is 9.99. The number of carbonyl (C=O) groups excluding carboxylic acids is 1. The topological polar surface area (TPSA) is 64.2 Å². The van der Waals surface area contributed by atoms with E-state index in [0.717, 1.165) is 30.6 Å². The van der Waals surface area contributed by atoms with E-state index in [1.165, 1.54) is 10.5 Å². The van der Waals surface area contributed by atoms with Gasteiger partial charge in [0.2, 0.25) is 0 Å². The molecule has 2 aromatic rings. The molecule has 0 spiro atoms. The molecular weight excluding hydrogens is 332 g/mol. The number of ether oxygens (including phenoxy) is 1. The Morgan fingerprint density at radius 2 is 2.00 bits per heavy atom. The first-order valence-electron chi connectivity index (χ1n) is 9.30. The molecule has 1 aromatic carbocycles. The molecule has 1 fully saturated rings. The van der Waals surface area contributed by atoms with Gasteiger partial charge in [-0.1, -0.05) is 19.9 Å². The molecule has 1 aliphatic heterocycles. The Morgan fingerprint density at radius 3 is 2.65 bits per heavy atom. The summed E-state index contributed by atoms with van der Waals surface area (Å²) in [6.07, 6.45) is -0.237. The Labute approximate surface area is 153 Å². The monoisotopic (exact) mass is 359 g/mol. The zero-order valence-electron chi connectivity index (χ0n) is 15.7. The summed E-state index contributed by atoms with van der Waals surface area (Å²) in [7, 11) is 0. The first-order chi connectivity index (χ1) is 12.5. The van der Waals surface area contributed by atoms with E-state index in [2.05, 4.69) is 19.9 Å². The average molecular weight is 359 g/mol. The van der Waals surface area contributed by atoms with Gasteiger partial charge in [-0.05, 0) is 30.5 Å². The zero-order chi connectivity index (χ0) is 18.7. The van der Waals surface area contributed by atoms with E-state index in [4.69, 9.17) is 9.15 Å². The second kappa shape index (κ2) is 7.91. The minimum atomic E-state index is -0.311. The molecule has 1 saturated heterocycles. The molecule has 2 heterocycles. The SMILES string of the molecule is CCOC(=O)N1CC[NH+](Cc2cc(=O)oc3ccc(C(C)C)cc23)CC1. The lowest BCUT2D eigenvalue weighted by Gasteiger charge is -2.31. The van der Waals surface area contributed by atoms with E-state index >= 15 is 0 Å². The van der Waals surface area contributed by atoms with Gasteiger partial charge < -0.3 is 14.1 Å². The maximum absolute atomic E-state index is 11.9. The van der Waals surface area contributed by atoms with E-state index in [1.807, 2.05) is 19.1 Å². The van der Waals surface area contributed by atoms with Gasteiger partial charge >= 0.3 is 11.7 Å². The summed E-state index contributed by atoms with van der Waals surface area (Å²) in [5.74, 6) is 0.416. The van der Waals surface area contributed by atoms with Gasteiger partial charge in [-0.25, -0.2) is 9.59 Å². The highest BCUT2D eigenvalue weighted by molar-refractivity contribution is 5.81. The Bertz CT molecular complexity index is 835. The minimum Gasteiger partial charge on any atom is -0.450 e. The number of hydrogen-bond donors (Lipinski definition) is 1. The van der Waals surface area contributed by atoms with Crippen molar-refractivity contribution >= 4 is 17.1 Å². The Kier molecular flexibility index (Phi) is 5.61. The molecular formula is C20H27N2O4+. The van der Waals surface area contributed by atoms with Crippen molar-refractivity contribution in [3.8, 4) is 0 Å². The Morgan fingerprint density at radius 1 is 1.27 bits per heavy atom. The summed E-state index contributed by atoms with van der Waals surface area (Å²) in [6.45, 7) is 10.3. The van der Waals surface area contributed by atoms with Crippen LogP contribution in [0.4, 0.5) is 4.79 Å². The molecule has 0 bridgehead atoms. The zero-order valence-corrected chi connectivity index (χ0v) is 15.7. The summed E-state index contributed by atoms with van der Waals surface area (Å²) < 4.78 is 10.4. The quantitative estimate of drug-likeness (QED) is 0.845. The van der Waals surface area contributed by atoms with Crippen molar-refractivity contribution in [3.05, 3.63) is 45.8 Å². The molecule has 1 amide bonds. The lowest BCUT2D eigenvalue weighted by Crippen LogP contribution is -3.13. The van der Waals surface area contributed by atoms with Crippen LogP contribution >= 0.6 is 0 Å². The number of hydrogen-bond acceptors (Lipinski definition) is 4. The highest BCUT2D eigenvalue weighted by Gasteiger charge is 2.25. The van der Waals surface area contributed by atoms with Crippen LogP contribution in [0.3, 0.4) is 0 Å². The van der Waals surface area contributed by atoms with Crippen LogP contribution in [0, 0.1) is 0 Å². The van der Waals surface area contributed by atoms with Crippen molar-refractivity contribution in [1.82, 2.24) is 4.90 Å². The molecule has 6 nitrogen and oxygen atoms in total. The molecule has 6 heteroatoms. The van der Waals surface area contributed by atoms with Crippen molar-refractivity contribution in [2.75, 3.05) is 32.8 Å². The largest absolute Gasteiger partial charge is 0.450 e. The number of rotatable bonds is 4. The normalized spacial score (nSPS) is 15.6. The third kappa shape index (κ3) is 4.07. The summed E-state index contributed by atoms with van der Waals surface area (Å²) >= 11 is 0. The number of benzene rings is 1. The van der Waals surface area contributed by atoms with E-state index in [1.54, 1.807) is 11.0 Å². The molecule has 0 radical (unpaired) electrons. The maximum atomic E-state index is 11.9. The second-order valence-corrected chi connectivity index (χ2v) is 7.11. The molecule has 26 heavy (non-hydrogen) atoms. The van der Waals surface area contributed by atoms with Crippen molar-refractivity contribution in [2.24, 2.45) is 0 Å². The van der Waals surface area contributed by atoms with Crippen molar-refractivity contribution < 1.29 is 18.8 Å². The van der Waals surface area contributed by atoms with Crippen LogP contribution in [-0.4, -0.2) is 43.8 Å². The molecule has 0 aliphatic carbocycles. The number of piperazine rings is 1. The highest BCUT2D eigenvalue weighted by Crippen LogP contribution is 2.23. The van der Waals surface area contributed by atoms with Gasteiger partial charge in [-0.15, -0.1) is 0 Å². The van der Waals surface area contributed by atoms with Crippen LogP contribution in [-0.2, 0) is 11.3 Å². The molecule has 0 unspecified atom stereocenters. The number of carbonyl (C=O) groups is 1. The van der Waals surface area contributed by atoms with Gasteiger partial charge in [0.05, 0.1) is 32.8 Å². The third-order valence-electron chi connectivity index (χ3n) is 4.96. The van der Waals surface area contributed by atoms with Gasteiger partial charge in [-0.3, -0.25) is 4.90 Å². The number of amides is 1. The molecule has 1 aromatic heterocycles. The van der Waals surface area contributed by atoms with Gasteiger partial charge in [-0.2, -0.15) is 0 Å². The summed E-state index contributed by atoms with van der Waals surface area (Å²) in [5, 5.41) is 1.01. The maximum Gasteiger partial charge on any atom is 0.410 e. The first kappa shape index (κ1) is 18.5. The van der Waals surface area contributed by atoms with E-state index in [0.29, 0.717) is 31.2 Å². The molecule has 0 saturated carbocycles. The third-order valence-corrected chi connectivity index (χ3v) is 4.96. The van der Waals surface area contributed by atoms with E-state index < -0.39 is 0 Å². The Balaban J connectivity index is 1.77. The number of fused-ring (bicyclic) bond motifs is 1. The van der Waals surface area contributed by atoms with Crippen molar-refractivity contribution in [1.29, 1.82) is 0 Å². The Hall–Kier alpha value is -2.34. The van der Waals surface area contributed by atoms with Crippen LogP contribution in [0.1, 0.15) is 37.8 Å². The summed E-state index contributed by atoms with van der Waals surface area (Å²) in [5.41, 5.74) is 2.57. The van der Waals surface area contributed by atoms with Gasteiger partial charge in [0, 0.05) is 17.0 Å². The summed E-state index contributed by atoms with van der Waals surface area (Å²) in [4.78, 5) is 26.9. The van der Waals surface area contributed by atoms with Crippen LogP contribution in [0.2, 0.25) is 0 Å². The number of nitrogens with zero attached hydrogens (tertiary/aromatic N) is 1. The fourth-order valence-electron chi connectivity index (χ4n) is 3.42. The first-order valence-corrected chi connectivity index (χ1v) is 9.30. The molecule has 1 N–H and O–H groups in total. The standard InChI is InChI=1S/C20H26N2O4/c1-4-25-20(24)22-9-7-21(8-10-22)13-16-12-19(23)26-18-6-5-15(14(2)3)11-17(16)18/h5-6,11-12,14H,4,7-10,13H2,1-3H3/p+1. The fourth-order valence-corrected chi connectivity index (χ4v) is 3.42. The van der Waals surface area contributed by atoms with Gasteiger partial charge in [0.15, 0.2) is 0 Å². The van der Waals surface area contributed by atoms with E-state index in [9.17, 15) is 9.59 Å².